The molecule has 1 rings (SSSR count). The van der Waals surface area contributed by atoms with Crippen molar-refractivity contribution in [2.75, 3.05) is 0 Å². The number of thiazole rings is 1. The topological polar surface area (TPSA) is 30.0 Å². The van der Waals surface area contributed by atoms with Gasteiger partial charge in [0.2, 0.25) is 0 Å². The van der Waals surface area contributed by atoms with E-state index in [0.29, 0.717) is 4.88 Å². The fourth-order valence-electron chi connectivity index (χ4n) is 0.834. The largest absolute Gasteiger partial charge is 0.297 e. The summed E-state index contributed by atoms with van der Waals surface area (Å²) < 4.78 is 0. The van der Waals surface area contributed by atoms with E-state index in [4.69, 9.17) is 11.6 Å². The number of aldehydes is 1. The van der Waals surface area contributed by atoms with E-state index in [0.717, 1.165) is 21.9 Å². The third-order valence-corrected chi connectivity index (χ3v) is 2.72. The average Bonchev–Trinajstić information content (AvgIpc) is 2.62. The first-order valence-electron chi connectivity index (χ1n) is 4.05. The van der Waals surface area contributed by atoms with Crippen LogP contribution in [0.5, 0.6) is 0 Å². The summed E-state index contributed by atoms with van der Waals surface area (Å²) in [5.41, 5.74) is 1.00. The molecule has 0 spiro atoms. The van der Waals surface area contributed by atoms with E-state index < -0.39 is 0 Å². The molecule has 0 aliphatic heterocycles. The molecule has 4 heteroatoms. The summed E-state index contributed by atoms with van der Waals surface area (Å²) in [5.74, 6) is 0. The number of allylic oxidation sites excluding steroid dienone is 4. The highest BCUT2D eigenvalue weighted by Gasteiger charge is 2.01. The zero-order chi connectivity index (χ0) is 10.6. The maximum Gasteiger partial charge on any atom is 0.161 e. The Bertz CT molecular complexity index is 389. The third-order valence-electron chi connectivity index (χ3n) is 1.54. The van der Waals surface area contributed by atoms with Gasteiger partial charge in [0.1, 0.15) is 5.01 Å². The maximum absolute atomic E-state index is 10.4. The van der Waals surface area contributed by atoms with Gasteiger partial charge in [0.05, 0.1) is 4.88 Å². The van der Waals surface area contributed by atoms with E-state index >= 15 is 0 Å². The van der Waals surface area contributed by atoms with Crippen LogP contribution in [-0.2, 0) is 0 Å². The van der Waals surface area contributed by atoms with E-state index in [-0.39, 0.29) is 0 Å². The normalized spacial score (nSPS) is 13.1. The van der Waals surface area contributed by atoms with Crippen LogP contribution in [0.1, 0.15) is 28.5 Å². The summed E-state index contributed by atoms with van der Waals surface area (Å²) in [5, 5.41) is 1.57. The number of hydrogen-bond donors (Lipinski definition) is 0. The number of halogens is 1. The lowest BCUT2D eigenvalue weighted by Gasteiger charge is -1.91. The van der Waals surface area contributed by atoms with Crippen LogP contribution in [0.25, 0.3) is 5.57 Å². The lowest BCUT2D eigenvalue weighted by atomic mass is 10.3. The summed E-state index contributed by atoms with van der Waals surface area (Å²) in [6.07, 6.45) is 6.06. The lowest BCUT2D eigenvalue weighted by molar-refractivity contribution is 0.112. The van der Waals surface area contributed by atoms with Crippen molar-refractivity contribution in [1.29, 1.82) is 0 Å². The lowest BCUT2D eigenvalue weighted by Crippen LogP contribution is -1.74. The minimum absolute atomic E-state index is 0.638. The van der Waals surface area contributed by atoms with Crippen LogP contribution in [0.15, 0.2) is 23.4 Å². The minimum Gasteiger partial charge on any atom is -0.297 e. The minimum atomic E-state index is 0.638. The van der Waals surface area contributed by atoms with E-state index in [1.807, 2.05) is 19.9 Å². The second kappa shape index (κ2) is 5.08. The molecule has 0 fully saturated rings. The number of aromatic nitrogens is 1. The number of carbonyl (C=O) groups is 1. The van der Waals surface area contributed by atoms with Crippen LogP contribution in [0.3, 0.4) is 0 Å². The molecule has 0 unspecified atom stereocenters. The Kier molecular flexibility index (Phi) is 4.04. The van der Waals surface area contributed by atoms with Gasteiger partial charge in [0, 0.05) is 11.2 Å². The predicted molar refractivity (Wildman–Crippen MR) is 60.8 cm³/mol. The first kappa shape index (κ1) is 11.1. The SMILES string of the molecule is CC(Cl)=CC=C(C)c1ncc(C=O)s1. The van der Waals surface area contributed by atoms with Crippen LogP contribution in [0.2, 0.25) is 0 Å². The third kappa shape index (κ3) is 3.09. The van der Waals surface area contributed by atoms with Crippen LogP contribution in [0, 0.1) is 0 Å². The number of rotatable bonds is 3. The predicted octanol–water partition coefficient (Wildman–Crippen LogP) is 3.50. The van der Waals surface area contributed by atoms with Gasteiger partial charge in [-0.2, -0.15) is 0 Å². The first-order chi connectivity index (χ1) is 6.63. The average molecular weight is 228 g/mol. The zero-order valence-corrected chi connectivity index (χ0v) is 9.52. The molecule has 0 aliphatic rings. The van der Waals surface area contributed by atoms with Gasteiger partial charge in [0.25, 0.3) is 0 Å². The Morgan fingerprint density at radius 1 is 1.50 bits per heavy atom. The molecule has 0 atom stereocenters. The number of hydrogen-bond acceptors (Lipinski definition) is 3. The Balaban J connectivity index is 2.88. The standard InChI is InChI=1S/C10H10ClNOS/c1-7(3-4-8(2)11)10-12-5-9(6-13)14-10/h3-6H,1-2H3. The van der Waals surface area contributed by atoms with E-state index in [1.165, 1.54) is 11.3 Å². The second-order valence-corrected chi connectivity index (χ2v) is 4.45. The molecular formula is C10H10ClNOS. The fraction of sp³-hybridized carbons (Fsp3) is 0.200. The molecule has 0 saturated carbocycles. The first-order valence-corrected chi connectivity index (χ1v) is 5.25. The molecule has 1 heterocycles. The highest BCUT2D eigenvalue weighted by Crippen LogP contribution is 2.19. The van der Waals surface area contributed by atoms with Gasteiger partial charge < -0.3 is 0 Å². The van der Waals surface area contributed by atoms with Gasteiger partial charge in [-0.25, -0.2) is 4.98 Å². The van der Waals surface area contributed by atoms with Crippen molar-refractivity contribution in [3.63, 3.8) is 0 Å². The van der Waals surface area contributed by atoms with Gasteiger partial charge in [0.15, 0.2) is 6.29 Å². The van der Waals surface area contributed by atoms with Crippen molar-refractivity contribution in [3.05, 3.63) is 33.3 Å². The molecule has 0 bridgehead atoms. The highest BCUT2D eigenvalue weighted by atomic mass is 35.5. The van der Waals surface area contributed by atoms with Crippen molar-refractivity contribution >= 4 is 34.8 Å². The zero-order valence-electron chi connectivity index (χ0n) is 7.95. The van der Waals surface area contributed by atoms with Crippen LogP contribution >= 0.6 is 22.9 Å². The summed E-state index contributed by atoms with van der Waals surface area (Å²) in [7, 11) is 0. The Labute approximate surface area is 91.9 Å². The smallest absolute Gasteiger partial charge is 0.161 e. The molecule has 74 valence electrons. The molecule has 0 N–H and O–H groups in total. The van der Waals surface area contributed by atoms with Crippen LogP contribution in [-0.4, -0.2) is 11.3 Å². The molecule has 0 saturated heterocycles. The quantitative estimate of drug-likeness (QED) is 0.584. The van der Waals surface area contributed by atoms with Crippen LogP contribution in [0.4, 0.5) is 0 Å². The van der Waals surface area contributed by atoms with E-state index in [9.17, 15) is 4.79 Å². The second-order valence-electron chi connectivity index (χ2n) is 2.79. The molecule has 14 heavy (non-hydrogen) atoms. The maximum atomic E-state index is 10.4. The Hall–Kier alpha value is -0.930. The van der Waals surface area contributed by atoms with Crippen molar-refractivity contribution in [2.45, 2.75) is 13.8 Å². The molecule has 0 aliphatic carbocycles. The summed E-state index contributed by atoms with van der Waals surface area (Å²) >= 11 is 7.06. The van der Waals surface area contributed by atoms with Gasteiger partial charge in [-0.05, 0) is 25.5 Å². The van der Waals surface area contributed by atoms with Gasteiger partial charge >= 0.3 is 0 Å². The van der Waals surface area contributed by atoms with E-state index in [2.05, 4.69) is 4.98 Å². The molecule has 0 amide bonds. The fourth-order valence-corrected chi connectivity index (χ4v) is 1.61. The summed E-state index contributed by atoms with van der Waals surface area (Å²) in [4.78, 5) is 15.2. The molecule has 0 radical (unpaired) electrons. The van der Waals surface area contributed by atoms with Crippen molar-refractivity contribution in [1.82, 2.24) is 4.98 Å². The van der Waals surface area contributed by atoms with Crippen molar-refractivity contribution < 1.29 is 4.79 Å². The number of nitrogens with zero attached hydrogens (tertiary/aromatic N) is 1. The Morgan fingerprint density at radius 3 is 2.71 bits per heavy atom. The van der Waals surface area contributed by atoms with Gasteiger partial charge in [-0.15, -0.1) is 11.3 Å². The highest BCUT2D eigenvalue weighted by molar-refractivity contribution is 7.14. The molecule has 2 nitrogen and oxygen atoms in total. The molecule has 1 aromatic rings. The summed E-state index contributed by atoms with van der Waals surface area (Å²) in [6.45, 7) is 3.74. The van der Waals surface area contributed by atoms with Gasteiger partial charge in [-0.1, -0.05) is 17.7 Å². The monoisotopic (exact) mass is 227 g/mol. The van der Waals surface area contributed by atoms with Crippen molar-refractivity contribution in [3.8, 4) is 0 Å². The van der Waals surface area contributed by atoms with Crippen molar-refractivity contribution in [2.24, 2.45) is 0 Å². The van der Waals surface area contributed by atoms with Crippen LogP contribution < -0.4 is 0 Å². The molecule has 1 aromatic heterocycles. The summed E-state index contributed by atoms with van der Waals surface area (Å²) in [6, 6.07) is 0. The van der Waals surface area contributed by atoms with E-state index in [1.54, 1.807) is 12.3 Å². The molecular weight excluding hydrogens is 218 g/mol. The molecule has 0 aromatic carbocycles. The van der Waals surface area contributed by atoms with Gasteiger partial charge in [-0.3, -0.25) is 4.79 Å². The number of carbonyl (C=O) groups excluding carboxylic acids is 1. The Morgan fingerprint density at radius 2 is 2.21 bits per heavy atom.